The van der Waals surface area contributed by atoms with E-state index in [4.69, 9.17) is 0 Å². The van der Waals surface area contributed by atoms with Crippen LogP contribution in [0.2, 0.25) is 0 Å². The van der Waals surface area contributed by atoms with Gasteiger partial charge in [0.05, 0.1) is 5.56 Å². The molecule has 1 saturated heterocycles. The second-order valence-corrected chi connectivity index (χ2v) is 6.39. The lowest BCUT2D eigenvalue weighted by Gasteiger charge is -2.19. The van der Waals surface area contributed by atoms with Crippen molar-refractivity contribution in [2.24, 2.45) is 0 Å². The monoisotopic (exact) mass is 353 g/mol. The Morgan fingerprint density at radius 2 is 1.58 bits per heavy atom. The first-order valence-electron chi connectivity index (χ1n) is 8.88. The predicted molar refractivity (Wildman–Crippen MR) is 101 cm³/mol. The van der Waals surface area contributed by atoms with Crippen LogP contribution in [-0.4, -0.2) is 34.9 Å². The third kappa shape index (κ3) is 4.78. The van der Waals surface area contributed by atoms with Gasteiger partial charge in [-0.05, 0) is 31.0 Å². The number of rotatable bonds is 4. The van der Waals surface area contributed by atoms with Gasteiger partial charge in [0.1, 0.15) is 0 Å². The summed E-state index contributed by atoms with van der Waals surface area (Å²) in [7, 11) is 0. The van der Waals surface area contributed by atoms with Crippen molar-refractivity contribution in [2.75, 3.05) is 28.6 Å². The lowest BCUT2D eigenvalue weighted by Crippen LogP contribution is -2.26. The number of carbonyl (C=O) groups is 2. The number of hydrogen-bond donors (Lipinski definition) is 2. The van der Waals surface area contributed by atoms with Crippen molar-refractivity contribution in [3.05, 3.63) is 42.2 Å². The summed E-state index contributed by atoms with van der Waals surface area (Å²) in [5.74, 6) is 0.231. The van der Waals surface area contributed by atoms with Gasteiger partial charge in [-0.25, -0.2) is 9.97 Å². The highest BCUT2D eigenvalue weighted by Gasteiger charge is 2.14. The molecule has 3 rings (SSSR count). The van der Waals surface area contributed by atoms with Crippen LogP contribution in [0.3, 0.4) is 0 Å². The third-order valence-electron chi connectivity index (χ3n) is 4.23. The Balaban J connectivity index is 1.65. The molecule has 1 fully saturated rings. The van der Waals surface area contributed by atoms with E-state index in [-0.39, 0.29) is 11.8 Å². The van der Waals surface area contributed by atoms with E-state index in [0.29, 0.717) is 22.9 Å². The van der Waals surface area contributed by atoms with Crippen molar-refractivity contribution in [1.82, 2.24) is 9.97 Å². The van der Waals surface area contributed by atoms with Gasteiger partial charge in [-0.15, -0.1) is 0 Å². The molecule has 2 heterocycles. The van der Waals surface area contributed by atoms with E-state index >= 15 is 0 Å². The predicted octanol–water partition coefficient (Wildman–Crippen LogP) is 3.07. The first-order valence-corrected chi connectivity index (χ1v) is 8.88. The Hall–Kier alpha value is -2.96. The number of carbonyl (C=O) groups excluding carboxylic acids is 2. The Kier molecular flexibility index (Phi) is 5.78. The van der Waals surface area contributed by atoms with Crippen LogP contribution in [0.1, 0.15) is 43.0 Å². The minimum Gasteiger partial charge on any atom is -0.341 e. The number of hydrogen-bond acceptors (Lipinski definition) is 5. The zero-order valence-corrected chi connectivity index (χ0v) is 14.9. The molecule has 1 aromatic heterocycles. The molecule has 2 aromatic rings. The number of nitrogens with zero attached hydrogens (tertiary/aromatic N) is 3. The van der Waals surface area contributed by atoms with Crippen molar-refractivity contribution in [2.45, 2.75) is 32.6 Å². The molecule has 1 aliphatic heterocycles. The maximum Gasteiger partial charge on any atom is 0.258 e. The Morgan fingerprint density at radius 1 is 0.962 bits per heavy atom. The molecule has 7 heteroatoms. The van der Waals surface area contributed by atoms with Gasteiger partial charge in [0.25, 0.3) is 5.91 Å². The summed E-state index contributed by atoms with van der Waals surface area (Å²) < 4.78 is 0. The van der Waals surface area contributed by atoms with E-state index in [2.05, 4.69) is 25.5 Å². The van der Waals surface area contributed by atoms with Gasteiger partial charge >= 0.3 is 0 Å². The fourth-order valence-electron chi connectivity index (χ4n) is 2.95. The first kappa shape index (κ1) is 17.8. The lowest BCUT2D eigenvalue weighted by molar-refractivity contribution is -0.114. The maximum absolute atomic E-state index is 12.4. The van der Waals surface area contributed by atoms with Crippen LogP contribution in [0.5, 0.6) is 0 Å². The van der Waals surface area contributed by atoms with Crippen molar-refractivity contribution in [1.29, 1.82) is 0 Å². The number of aromatic nitrogens is 2. The molecule has 0 aliphatic carbocycles. The molecule has 0 unspecified atom stereocenters. The largest absolute Gasteiger partial charge is 0.341 e. The van der Waals surface area contributed by atoms with Crippen molar-refractivity contribution >= 4 is 29.1 Å². The summed E-state index contributed by atoms with van der Waals surface area (Å²) >= 11 is 0. The summed E-state index contributed by atoms with van der Waals surface area (Å²) in [6, 6.07) is 6.98. The van der Waals surface area contributed by atoms with Crippen molar-refractivity contribution < 1.29 is 9.59 Å². The first-order chi connectivity index (χ1) is 12.6. The van der Waals surface area contributed by atoms with Gasteiger partial charge in [-0.2, -0.15) is 0 Å². The molecule has 136 valence electrons. The molecule has 0 atom stereocenters. The highest BCUT2D eigenvalue weighted by molar-refractivity contribution is 6.04. The van der Waals surface area contributed by atoms with Crippen LogP contribution in [0, 0.1) is 0 Å². The summed E-state index contributed by atoms with van der Waals surface area (Å²) in [5, 5.41) is 5.48. The van der Waals surface area contributed by atoms with Gasteiger partial charge < -0.3 is 15.5 Å². The van der Waals surface area contributed by atoms with Crippen molar-refractivity contribution in [3.63, 3.8) is 0 Å². The standard InChI is InChI=1S/C19H23N5O2/c1-14(25)22-16-7-6-8-17(11-16)23-18(26)15-12-20-19(21-13-15)24-9-4-2-3-5-10-24/h6-8,11-13H,2-5,9-10H2,1H3,(H,22,25)(H,23,26). The molecule has 0 radical (unpaired) electrons. The van der Waals surface area contributed by atoms with E-state index < -0.39 is 0 Å². The topological polar surface area (TPSA) is 87.2 Å². The van der Waals surface area contributed by atoms with Crippen LogP contribution >= 0.6 is 0 Å². The molecular weight excluding hydrogens is 330 g/mol. The van der Waals surface area contributed by atoms with E-state index in [1.165, 1.54) is 19.8 Å². The maximum atomic E-state index is 12.4. The van der Waals surface area contributed by atoms with Gasteiger partial charge in [0.2, 0.25) is 11.9 Å². The molecule has 1 aliphatic rings. The molecule has 0 saturated carbocycles. The fourth-order valence-corrected chi connectivity index (χ4v) is 2.95. The van der Waals surface area contributed by atoms with E-state index in [0.717, 1.165) is 25.9 Å². The van der Waals surface area contributed by atoms with Crippen LogP contribution in [0.4, 0.5) is 17.3 Å². The highest BCUT2D eigenvalue weighted by atomic mass is 16.2. The molecular formula is C19H23N5O2. The zero-order valence-electron chi connectivity index (χ0n) is 14.9. The van der Waals surface area contributed by atoms with Crippen LogP contribution in [0.25, 0.3) is 0 Å². The SMILES string of the molecule is CC(=O)Nc1cccc(NC(=O)c2cnc(N3CCCCCC3)nc2)c1. The molecule has 2 amide bonds. The van der Waals surface area contributed by atoms with Gasteiger partial charge in [0, 0.05) is 43.8 Å². The van der Waals surface area contributed by atoms with E-state index in [1.807, 2.05) is 0 Å². The number of anilines is 3. The minimum atomic E-state index is -0.285. The minimum absolute atomic E-state index is 0.161. The number of nitrogens with one attached hydrogen (secondary N) is 2. The number of benzene rings is 1. The summed E-state index contributed by atoms with van der Waals surface area (Å²) in [5.41, 5.74) is 1.62. The van der Waals surface area contributed by atoms with Gasteiger partial charge in [-0.1, -0.05) is 18.9 Å². The lowest BCUT2D eigenvalue weighted by atomic mass is 10.2. The zero-order chi connectivity index (χ0) is 18.4. The molecule has 7 nitrogen and oxygen atoms in total. The summed E-state index contributed by atoms with van der Waals surface area (Å²) in [6.45, 7) is 3.36. The Labute approximate surface area is 152 Å². The second kappa shape index (κ2) is 8.42. The van der Waals surface area contributed by atoms with Crippen LogP contribution in [0.15, 0.2) is 36.7 Å². The summed E-state index contributed by atoms with van der Waals surface area (Å²) in [6.07, 6.45) is 7.90. The van der Waals surface area contributed by atoms with E-state index in [1.54, 1.807) is 36.7 Å². The van der Waals surface area contributed by atoms with E-state index in [9.17, 15) is 9.59 Å². The molecule has 26 heavy (non-hydrogen) atoms. The van der Waals surface area contributed by atoms with Crippen LogP contribution < -0.4 is 15.5 Å². The summed E-state index contributed by atoms with van der Waals surface area (Å²) in [4.78, 5) is 34.4. The molecule has 0 spiro atoms. The third-order valence-corrected chi connectivity index (χ3v) is 4.23. The second-order valence-electron chi connectivity index (χ2n) is 6.39. The van der Waals surface area contributed by atoms with Gasteiger partial charge in [-0.3, -0.25) is 9.59 Å². The highest BCUT2D eigenvalue weighted by Crippen LogP contribution is 2.17. The molecule has 2 N–H and O–H groups in total. The number of amides is 2. The smallest absolute Gasteiger partial charge is 0.258 e. The molecule has 0 bridgehead atoms. The Bertz CT molecular complexity index is 768. The van der Waals surface area contributed by atoms with Crippen molar-refractivity contribution in [3.8, 4) is 0 Å². The molecule has 1 aromatic carbocycles. The average molecular weight is 353 g/mol. The normalized spacial score (nSPS) is 14.4. The quantitative estimate of drug-likeness (QED) is 0.882. The van der Waals surface area contributed by atoms with Crippen LogP contribution in [-0.2, 0) is 4.79 Å². The fraction of sp³-hybridized carbons (Fsp3) is 0.368. The van der Waals surface area contributed by atoms with Gasteiger partial charge in [0.15, 0.2) is 0 Å². The average Bonchev–Trinajstić information content (AvgIpc) is 2.91. The Morgan fingerprint density at radius 3 is 2.19 bits per heavy atom.